The normalized spacial score (nSPS) is 25.0. The highest BCUT2D eigenvalue weighted by Gasteiger charge is 2.46. The van der Waals surface area contributed by atoms with E-state index in [-0.39, 0.29) is 18.8 Å². The van der Waals surface area contributed by atoms with Crippen molar-refractivity contribution < 1.29 is 19.3 Å². The van der Waals surface area contributed by atoms with Crippen LogP contribution in [0.2, 0.25) is 0 Å². The van der Waals surface area contributed by atoms with Crippen molar-refractivity contribution in [2.24, 2.45) is 5.92 Å². The van der Waals surface area contributed by atoms with Crippen LogP contribution < -0.4 is 14.2 Å². The summed E-state index contributed by atoms with van der Waals surface area (Å²) in [6, 6.07) is 14.1. The molecule has 0 saturated heterocycles. The van der Waals surface area contributed by atoms with Gasteiger partial charge in [0.05, 0.1) is 12.7 Å². The van der Waals surface area contributed by atoms with Crippen LogP contribution in [0.4, 0.5) is 0 Å². The quantitative estimate of drug-likeness (QED) is 0.842. The Balaban J connectivity index is 1.75. The zero-order valence-electron chi connectivity index (χ0n) is 16.9. The first-order valence-electron chi connectivity index (χ1n) is 9.96. The Hall–Kier alpha value is -2.24. The second kappa shape index (κ2) is 7.64. The molecule has 3 atom stereocenters. The number of fused-ring (bicyclic) bond motifs is 1. The van der Waals surface area contributed by atoms with Gasteiger partial charge in [0, 0.05) is 12.0 Å². The predicted molar refractivity (Wildman–Crippen MR) is 108 cm³/mol. The number of rotatable bonds is 5. The number of aliphatic hydroxyl groups is 1. The van der Waals surface area contributed by atoms with E-state index in [2.05, 4.69) is 31.1 Å². The fraction of sp³-hybridized carbons (Fsp3) is 0.478. The standard InChI is InChI=1S/C23H29NO4/c1-24(2)22(16-7-6-8-18(13-16)26-3)19-9-4-5-12-23(19,25)17-10-11-20-21(14-17)28-15-27-20/h6-8,10-11,13-14,19,22,25H,4-5,9,12,15H2,1-3H3. The highest BCUT2D eigenvalue weighted by molar-refractivity contribution is 5.46. The molecule has 28 heavy (non-hydrogen) atoms. The number of ether oxygens (including phenoxy) is 3. The first kappa shape index (κ1) is 19.1. The fourth-order valence-corrected chi connectivity index (χ4v) is 4.84. The Morgan fingerprint density at radius 3 is 2.71 bits per heavy atom. The van der Waals surface area contributed by atoms with Crippen molar-refractivity contribution >= 4 is 0 Å². The highest BCUT2D eigenvalue weighted by Crippen LogP contribution is 2.50. The van der Waals surface area contributed by atoms with Gasteiger partial charge in [-0.25, -0.2) is 0 Å². The van der Waals surface area contributed by atoms with Crippen LogP contribution in [-0.2, 0) is 5.60 Å². The monoisotopic (exact) mass is 383 g/mol. The van der Waals surface area contributed by atoms with Crippen LogP contribution in [0.3, 0.4) is 0 Å². The summed E-state index contributed by atoms with van der Waals surface area (Å²) < 4.78 is 16.5. The Bertz CT molecular complexity index is 837. The molecule has 1 N–H and O–H groups in total. The van der Waals surface area contributed by atoms with Gasteiger partial charge in [-0.15, -0.1) is 0 Å². The van der Waals surface area contributed by atoms with Gasteiger partial charge < -0.3 is 24.2 Å². The maximum absolute atomic E-state index is 12.0. The second-order valence-corrected chi connectivity index (χ2v) is 8.03. The van der Waals surface area contributed by atoms with E-state index in [1.807, 2.05) is 30.3 Å². The third kappa shape index (κ3) is 3.33. The van der Waals surface area contributed by atoms with E-state index in [4.69, 9.17) is 14.2 Å². The molecule has 0 spiro atoms. The minimum atomic E-state index is -0.919. The van der Waals surface area contributed by atoms with Gasteiger partial charge in [-0.1, -0.05) is 31.0 Å². The van der Waals surface area contributed by atoms with E-state index >= 15 is 0 Å². The smallest absolute Gasteiger partial charge is 0.231 e. The van der Waals surface area contributed by atoms with Crippen molar-refractivity contribution in [1.82, 2.24) is 4.90 Å². The average molecular weight is 383 g/mol. The van der Waals surface area contributed by atoms with Gasteiger partial charge in [-0.2, -0.15) is 0 Å². The van der Waals surface area contributed by atoms with Crippen molar-refractivity contribution in [3.63, 3.8) is 0 Å². The van der Waals surface area contributed by atoms with Gasteiger partial charge in [0.15, 0.2) is 11.5 Å². The maximum atomic E-state index is 12.0. The molecule has 1 heterocycles. The molecule has 2 aliphatic rings. The van der Waals surface area contributed by atoms with Crippen molar-refractivity contribution in [3.8, 4) is 17.2 Å². The van der Waals surface area contributed by atoms with Crippen LogP contribution in [-0.4, -0.2) is 38.0 Å². The first-order valence-corrected chi connectivity index (χ1v) is 9.96. The summed E-state index contributed by atoms with van der Waals surface area (Å²) in [4.78, 5) is 2.21. The third-order valence-electron chi connectivity index (χ3n) is 6.18. The lowest BCUT2D eigenvalue weighted by Crippen LogP contribution is -2.45. The minimum Gasteiger partial charge on any atom is -0.497 e. The Kier molecular flexibility index (Phi) is 5.21. The van der Waals surface area contributed by atoms with Crippen molar-refractivity contribution in [2.45, 2.75) is 37.3 Å². The molecule has 1 aliphatic heterocycles. The molecule has 1 aliphatic carbocycles. The summed E-state index contributed by atoms with van der Waals surface area (Å²) in [7, 11) is 5.85. The summed E-state index contributed by atoms with van der Waals surface area (Å²) in [6.07, 6.45) is 3.84. The molecule has 5 nitrogen and oxygen atoms in total. The fourth-order valence-electron chi connectivity index (χ4n) is 4.84. The predicted octanol–water partition coefficient (Wildman–Crippen LogP) is 4.10. The largest absolute Gasteiger partial charge is 0.497 e. The van der Waals surface area contributed by atoms with Gasteiger partial charge in [-0.3, -0.25) is 0 Å². The summed E-state index contributed by atoms with van der Waals surface area (Å²) >= 11 is 0. The van der Waals surface area contributed by atoms with E-state index in [0.717, 1.165) is 54.1 Å². The van der Waals surface area contributed by atoms with E-state index < -0.39 is 5.60 Å². The molecular weight excluding hydrogens is 354 g/mol. The lowest BCUT2D eigenvalue weighted by molar-refractivity contribution is -0.0838. The minimum absolute atomic E-state index is 0.0590. The number of nitrogens with zero attached hydrogens (tertiary/aromatic N) is 1. The number of hydrogen-bond donors (Lipinski definition) is 1. The Morgan fingerprint density at radius 1 is 1.11 bits per heavy atom. The summed E-state index contributed by atoms with van der Waals surface area (Å²) in [5.74, 6) is 2.37. The summed E-state index contributed by atoms with van der Waals surface area (Å²) in [6.45, 7) is 0.241. The third-order valence-corrected chi connectivity index (χ3v) is 6.18. The van der Waals surface area contributed by atoms with Crippen molar-refractivity contribution in [1.29, 1.82) is 0 Å². The maximum Gasteiger partial charge on any atom is 0.231 e. The molecule has 0 bridgehead atoms. The molecule has 3 unspecified atom stereocenters. The Labute approximate surface area is 166 Å². The SMILES string of the molecule is COc1cccc(C(C2CCCCC2(O)c2ccc3c(c2)OCO3)N(C)C)c1. The van der Waals surface area contributed by atoms with Crippen LogP contribution in [0.15, 0.2) is 42.5 Å². The van der Waals surface area contributed by atoms with Gasteiger partial charge in [0.1, 0.15) is 5.75 Å². The lowest BCUT2D eigenvalue weighted by Gasteiger charge is -2.46. The van der Waals surface area contributed by atoms with E-state index in [9.17, 15) is 5.11 Å². The topological polar surface area (TPSA) is 51.2 Å². The summed E-state index contributed by atoms with van der Waals surface area (Å²) in [5, 5.41) is 12.0. The van der Waals surface area contributed by atoms with Crippen LogP contribution in [0.1, 0.15) is 42.9 Å². The van der Waals surface area contributed by atoms with Gasteiger partial charge in [0.25, 0.3) is 0 Å². The Morgan fingerprint density at radius 2 is 1.93 bits per heavy atom. The molecule has 4 rings (SSSR count). The summed E-state index contributed by atoms with van der Waals surface area (Å²) in [5.41, 5.74) is 1.16. The van der Waals surface area contributed by atoms with E-state index in [1.165, 1.54) is 0 Å². The zero-order valence-corrected chi connectivity index (χ0v) is 16.9. The molecule has 1 fully saturated rings. The second-order valence-electron chi connectivity index (χ2n) is 8.03. The van der Waals surface area contributed by atoms with Gasteiger partial charge in [-0.05, 0) is 62.3 Å². The van der Waals surface area contributed by atoms with Crippen LogP contribution in [0, 0.1) is 5.92 Å². The van der Waals surface area contributed by atoms with E-state index in [0.29, 0.717) is 0 Å². The number of hydrogen-bond acceptors (Lipinski definition) is 5. The van der Waals surface area contributed by atoms with Crippen molar-refractivity contribution in [2.75, 3.05) is 28.0 Å². The highest BCUT2D eigenvalue weighted by atomic mass is 16.7. The molecule has 0 radical (unpaired) electrons. The molecule has 2 aromatic rings. The van der Waals surface area contributed by atoms with E-state index in [1.54, 1.807) is 7.11 Å². The molecule has 150 valence electrons. The number of methoxy groups -OCH3 is 1. The molecule has 5 heteroatoms. The first-order chi connectivity index (χ1) is 13.5. The average Bonchev–Trinajstić information content (AvgIpc) is 3.17. The molecule has 0 amide bonds. The van der Waals surface area contributed by atoms with Crippen LogP contribution in [0.25, 0.3) is 0 Å². The molecular formula is C23H29NO4. The zero-order chi connectivity index (χ0) is 19.7. The molecule has 2 aromatic carbocycles. The van der Waals surface area contributed by atoms with Crippen molar-refractivity contribution in [3.05, 3.63) is 53.6 Å². The molecule has 1 saturated carbocycles. The van der Waals surface area contributed by atoms with Gasteiger partial charge in [0.2, 0.25) is 6.79 Å². The lowest BCUT2D eigenvalue weighted by atomic mass is 9.67. The van der Waals surface area contributed by atoms with Gasteiger partial charge >= 0.3 is 0 Å². The molecule has 0 aromatic heterocycles. The number of benzene rings is 2. The van der Waals surface area contributed by atoms with Crippen LogP contribution >= 0.6 is 0 Å². The van der Waals surface area contributed by atoms with Crippen LogP contribution in [0.5, 0.6) is 17.2 Å².